The molecule has 0 aromatic heterocycles. The summed E-state index contributed by atoms with van der Waals surface area (Å²) in [5.41, 5.74) is 7.16. The van der Waals surface area contributed by atoms with Crippen molar-refractivity contribution in [1.29, 1.82) is 0 Å². The molecule has 17 heteroatoms. The normalized spacial score (nSPS) is 12.7. The lowest BCUT2D eigenvalue weighted by molar-refractivity contribution is -0.132. The number of anilines is 2. The van der Waals surface area contributed by atoms with Gasteiger partial charge in [0.1, 0.15) is 41.1 Å². The summed E-state index contributed by atoms with van der Waals surface area (Å²) < 4.78 is 39.7. The van der Waals surface area contributed by atoms with Gasteiger partial charge in [0, 0.05) is 104 Å². The fourth-order valence-corrected chi connectivity index (χ4v) is 13.6. The van der Waals surface area contributed by atoms with Crippen molar-refractivity contribution in [2.45, 2.75) is 149 Å². The minimum absolute atomic E-state index is 0.137. The van der Waals surface area contributed by atoms with Gasteiger partial charge in [0.25, 0.3) is 20.5 Å². The second kappa shape index (κ2) is 36.5. The van der Waals surface area contributed by atoms with E-state index in [9.17, 15) is 14.4 Å². The molecule has 6 aromatic carbocycles. The van der Waals surface area contributed by atoms with Crippen LogP contribution in [0.2, 0.25) is 0 Å². The maximum Gasteiger partial charge on any atom is 0.272 e. The van der Waals surface area contributed by atoms with Crippen LogP contribution in [0.15, 0.2) is 140 Å². The van der Waals surface area contributed by atoms with Crippen LogP contribution in [-0.2, 0) is 29.0 Å². The Balaban J connectivity index is 0.982. The van der Waals surface area contributed by atoms with Crippen molar-refractivity contribution < 1.29 is 47.6 Å². The molecule has 0 radical (unpaired) electrons. The van der Waals surface area contributed by atoms with E-state index in [0.29, 0.717) is 56.2 Å². The van der Waals surface area contributed by atoms with E-state index >= 15 is 0 Å². The third-order valence-electron chi connectivity index (χ3n) is 16.7. The molecular weight excluding hydrogens is 1160 g/mol. The highest BCUT2D eigenvalue weighted by molar-refractivity contribution is 7.44. The summed E-state index contributed by atoms with van der Waals surface area (Å²) in [7, 11) is 1.96. The molecule has 488 valence electrons. The molecule has 0 fully saturated rings. The molecule has 1 heterocycles. The monoisotopic (exact) mass is 1260 g/mol. The first-order valence-corrected chi connectivity index (χ1v) is 34.0. The number of carbonyl (C=O) groups is 3. The Morgan fingerprint density at radius 3 is 1.67 bits per heavy atom. The van der Waals surface area contributed by atoms with E-state index in [1.807, 2.05) is 97.1 Å². The number of unbranched alkanes of at least 4 members (excludes halogenated alkanes) is 6. The summed E-state index contributed by atoms with van der Waals surface area (Å²) in [6, 6.07) is 48.0. The lowest BCUT2D eigenvalue weighted by Gasteiger charge is -2.37. The average Bonchev–Trinajstić information content (AvgIpc) is 0.793. The van der Waals surface area contributed by atoms with Gasteiger partial charge in [-0.25, -0.2) is 4.67 Å². The van der Waals surface area contributed by atoms with Gasteiger partial charge in [-0.05, 0) is 152 Å². The van der Waals surface area contributed by atoms with Crippen LogP contribution in [0.1, 0.15) is 169 Å². The number of ether oxygens (including phenoxy) is 4. The number of hydrogen-bond acceptors (Lipinski definition) is 12. The van der Waals surface area contributed by atoms with Gasteiger partial charge in [0.05, 0.1) is 34.0 Å². The van der Waals surface area contributed by atoms with Crippen molar-refractivity contribution in [3.05, 3.63) is 178 Å². The largest absolute Gasteiger partial charge is 0.497 e. The molecule has 0 spiro atoms. The molecule has 1 aliphatic heterocycles. The van der Waals surface area contributed by atoms with Gasteiger partial charge in [-0.15, -0.1) is 5.26 Å². The van der Waals surface area contributed by atoms with Crippen molar-refractivity contribution >= 4 is 37.6 Å². The van der Waals surface area contributed by atoms with E-state index in [0.717, 1.165) is 127 Å². The minimum Gasteiger partial charge on any atom is -0.497 e. The van der Waals surface area contributed by atoms with Gasteiger partial charge in [-0.1, -0.05) is 105 Å². The number of hydrogen-bond donors (Lipinski definition) is 4. The molecule has 7 rings (SSSR count). The maximum atomic E-state index is 14.4. The van der Waals surface area contributed by atoms with E-state index in [2.05, 4.69) is 134 Å². The first-order valence-electron chi connectivity index (χ1n) is 32.9. The summed E-state index contributed by atoms with van der Waals surface area (Å²) in [4.78, 5) is 47.0. The first kappa shape index (κ1) is 70.9. The molecule has 2 unspecified atom stereocenters. The second-order valence-electron chi connectivity index (χ2n) is 23.4. The third kappa shape index (κ3) is 19.3. The molecule has 16 nitrogen and oxygen atoms in total. The van der Waals surface area contributed by atoms with Gasteiger partial charge in [-0.3, -0.25) is 14.4 Å². The number of carbonyl (C=O) groups excluding carboxylic acids is 3. The van der Waals surface area contributed by atoms with Crippen molar-refractivity contribution in [1.82, 2.24) is 20.6 Å². The van der Waals surface area contributed by atoms with Crippen LogP contribution >= 0.6 is 8.53 Å². The van der Waals surface area contributed by atoms with Crippen LogP contribution in [0.4, 0.5) is 11.4 Å². The number of rotatable bonds is 39. The van der Waals surface area contributed by atoms with Crippen molar-refractivity contribution in [2.75, 3.05) is 83.1 Å². The van der Waals surface area contributed by atoms with Crippen LogP contribution in [0, 0.1) is 6.07 Å². The van der Waals surface area contributed by atoms with Crippen molar-refractivity contribution in [3.8, 4) is 29.1 Å². The van der Waals surface area contributed by atoms with Crippen molar-refractivity contribution in [3.63, 3.8) is 0 Å². The van der Waals surface area contributed by atoms with E-state index < -0.39 is 20.2 Å². The van der Waals surface area contributed by atoms with E-state index in [1.165, 1.54) is 0 Å². The summed E-state index contributed by atoms with van der Waals surface area (Å²) in [6.07, 6.45) is 6.80. The summed E-state index contributed by atoms with van der Waals surface area (Å²) in [6.45, 7) is 22.4. The Kier molecular flexibility index (Phi) is 28.5. The maximum absolute atomic E-state index is 14.4. The van der Waals surface area contributed by atoms with Crippen LogP contribution in [0.25, 0.3) is 0 Å². The Hall–Kier alpha value is -7.51. The van der Waals surface area contributed by atoms with Gasteiger partial charge >= 0.3 is 0 Å². The molecule has 0 bridgehead atoms. The third-order valence-corrected chi connectivity index (χ3v) is 18.8. The number of amides is 3. The van der Waals surface area contributed by atoms with Gasteiger partial charge in [0.15, 0.2) is 0 Å². The predicted octanol–water partition coefficient (Wildman–Crippen LogP) is 13.1. The Morgan fingerprint density at radius 2 is 1.13 bits per heavy atom. The topological polar surface area (TPSA) is 176 Å². The van der Waals surface area contributed by atoms with Crippen LogP contribution in [0.3, 0.4) is 0 Å². The highest BCUT2D eigenvalue weighted by Crippen LogP contribution is 2.50. The average molecular weight is 1260 g/mol. The SMILES string of the molecule is CCN(CC)c1ccc2c(c1)Oc1cc(N(CC)CC)ccc1C2c1cccc(C(=O)NCCCCCCC(=O)NC(COC(c2ccccc2)(c2ccc(OC)cc2)c2ccc(OC)cc2)C(=O)NCCCCCCOP(OCCC#[NH+])N(C(C)C)C(C)C)c1. The summed E-state index contributed by atoms with van der Waals surface area (Å²) >= 11 is 0. The zero-order chi connectivity index (χ0) is 65.1. The lowest BCUT2D eigenvalue weighted by atomic mass is 9.80. The molecule has 4 N–H and O–H groups in total. The van der Waals surface area contributed by atoms with Gasteiger partial charge in [-0.2, -0.15) is 0 Å². The van der Waals surface area contributed by atoms with E-state index in [1.54, 1.807) is 14.2 Å². The first-order chi connectivity index (χ1) is 44.2. The standard InChI is InChI=1S/C74H98N7O9P/c1-11-79(12-2)61-37-43-65-68(51-61)90-69-52-62(80(13-3)14-4)38-44-66(69)71(65)56-28-26-29-57(50-56)72(83)76-46-23-16-15-22-32-70(82)78-67(73(84)77-47-24-17-18-25-48-88-91(89-49-27-45-75)81(54(5)6)55(7)8)53-87-74(58-30-20-19-21-31-58,59-33-39-63(85-9)40-34-59)60-35-41-64(86-10)42-36-60/h19-21,26,28-31,33-44,50-52,54-55,67,71H,11-18,22-25,27,32,46-49,53H2,1-10H3,(H,76,83)(H,77,84)(H,78,82)/p+1. The fraction of sp³-hybridized carbons (Fsp3) is 0.459. The van der Waals surface area contributed by atoms with E-state index in [-0.39, 0.29) is 48.8 Å². The Labute approximate surface area is 543 Å². The molecule has 0 aliphatic carbocycles. The Morgan fingerprint density at radius 1 is 0.604 bits per heavy atom. The summed E-state index contributed by atoms with van der Waals surface area (Å²) in [5.74, 6) is 2.14. The minimum atomic E-state index is -1.29. The smallest absolute Gasteiger partial charge is 0.272 e. The molecule has 1 aliphatic rings. The predicted molar refractivity (Wildman–Crippen MR) is 365 cm³/mol. The van der Waals surface area contributed by atoms with Gasteiger partial charge < -0.3 is 53.7 Å². The highest BCUT2D eigenvalue weighted by Gasteiger charge is 2.40. The zero-order valence-electron chi connectivity index (χ0n) is 55.5. The molecule has 0 saturated heterocycles. The molecule has 3 amide bonds. The van der Waals surface area contributed by atoms with Crippen molar-refractivity contribution in [2.24, 2.45) is 0 Å². The van der Waals surface area contributed by atoms with Crippen LogP contribution in [0.5, 0.6) is 23.0 Å². The lowest BCUT2D eigenvalue weighted by Crippen LogP contribution is -2.51. The van der Waals surface area contributed by atoms with Crippen LogP contribution in [-0.4, -0.2) is 114 Å². The fourth-order valence-electron chi connectivity index (χ4n) is 12.0. The van der Waals surface area contributed by atoms with E-state index in [4.69, 9.17) is 33.3 Å². The molecule has 6 aromatic rings. The van der Waals surface area contributed by atoms with Gasteiger partial charge in [0.2, 0.25) is 11.8 Å². The number of nitrogens with one attached hydrogen (secondary N) is 4. The molecule has 0 saturated carbocycles. The second-order valence-corrected chi connectivity index (χ2v) is 24.9. The molecular formula is C74H99N7O9P+. The zero-order valence-corrected chi connectivity index (χ0v) is 56.4. The number of fused-ring (bicyclic) bond motifs is 2. The number of benzene rings is 6. The Bertz CT molecular complexity index is 3130. The molecule has 2 atom stereocenters. The van der Waals surface area contributed by atoms with Crippen LogP contribution < -0.4 is 45.2 Å². The number of nitrogens with zero attached hydrogens (tertiary/aromatic N) is 3. The molecule has 91 heavy (non-hydrogen) atoms. The quantitative estimate of drug-likeness (QED) is 0.0163. The highest BCUT2D eigenvalue weighted by atomic mass is 31.2. The summed E-state index contributed by atoms with van der Waals surface area (Å²) in [5, 5.41) is 16.7. The number of methoxy groups -OCH3 is 2.